The van der Waals surface area contributed by atoms with E-state index < -0.39 is 5.97 Å². The number of aliphatic carboxylic acids is 1. The van der Waals surface area contributed by atoms with E-state index in [0.717, 1.165) is 11.1 Å². The lowest BCUT2D eigenvalue weighted by Crippen LogP contribution is -2.51. The van der Waals surface area contributed by atoms with Gasteiger partial charge in [0, 0.05) is 30.6 Å². The van der Waals surface area contributed by atoms with Crippen LogP contribution in [0.25, 0.3) is 16.5 Å². The zero-order chi connectivity index (χ0) is 21.4. The van der Waals surface area contributed by atoms with Crippen molar-refractivity contribution in [3.63, 3.8) is 0 Å². The zero-order valence-electron chi connectivity index (χ0n) is 16.8. The molecule has 0 radical (unpaired) electrons. The van der Waals surface area contributed by atoms with Gasteiger partial charge in [-0.25, -0.2) is 4.39 Å². The highest BCUT2D eigenvalue weighted by atomic mass is 19.1. The minimum absolute atomic E-state index is 0.0359. The normalized spacial score (nSPS) is 19.6. The molecule has 0 saturated carbocycles. The van der Waals surface area contributed by atoms with Crippen molar-refractivity contribution >= 4 is 22.5 Å². The number of para-hydroxylation sites is 1. The number of halogens is 1. The number of carboxylic acid groups (broad SMARTS) is 1. The van der Waals surface area contributed by atoms with Crippen molar-refractivity contribution in [1.29, 1.82) is 0 Å². The third-order valence-corrected chi connectivity index (χ3v) is 5.80. The lowest BCUT2D eigenvalue weighted by atomic mass is 9.91. The Morgan fingerprint density at radius 2 is 1.94 bits per heavy atom. The number of carboxylic acids is 1. The van der Waals surface area contributed by atoms with Crippen molar-refractivity contribution < 1.29 is 23.4 Å². The highest BCUT2D eigenvalue weighted by Crippen LogP contribution is 2.36. The summed E-state index contributed by atoms with van der Waals surface area (Å²) in [4.78, 5) is 13.0. The van der Waals surface area contributed by atoms with Crippen LogP contribution in [-0.2, 0) is 4.79 Å². The molecule has 0 bridgehead atoms. The first-order valence-electron chi connectivity index (χ1n) is 10.3. The average molecular weight is 419 g/mol. The number of hydrogen-bond donors (Lipinski definition) is 1. The molecule has 1 aliphatic carbocycles. The standard InChI is InChI=1S/C25H22FNO4/c26-22-10-16(13-27-14-18(15-27)25(28)29)6-8-21(22)24-12-17-11-20(7-9-23(17)31-24)30-19-4-2-1-3-5-19/h1-5,7-12,16,18H,6,13-15H2,(H,28,29). The monoisotopic (exact) mass is 419 g/mol. The summed E-state index contributed by atoms with van der Waals surface area (Å²) in [5.74, 6) is 0.612. The number of allylic oxidation sites excluding steroid dienone is 3. The molecule has 2 heterocycles. The lowest BCUT2D eigenvalue weighted by molar-refractivity contribution is -0.147. The molecule has 5 nitrogen and oxygen atoms in total. The first kappa shape index (κ1) is 19.6. The van der Waals surface area contributed by atoms with Gasteiger partial charge in [-0.2, -0.15) is 0 Å². The maximum absolute atomic E-state index is 14.9. The van der Waals surface area contributed by atoms with Crippen LogP contribution in [0.3, 0.4) is 0 Å². The van der Waals surface area contributed by atoms with Gasteiger partial charge >= 0.3 is 5.97 Å². The second-order valence-corrected chi connectivity index (χ2v) is 8.11. The first-order chi connectivity index (χ1) is 15.0. The summed E-state index contributed by atoms with van der Waals surface area (Å²) in [5.41, 5.74) is 1.14. The van der Waals surface area contributed by atoms with Crippen molar-refractivity contribution in [3.8, 4) is 11.5 Å². The number of fused-ring (bicyclic) bond motifs is 1. The SMILES string of the molecule is O=C(O)C1CN(CC2C=C(F)C(c3cc4cc(Oc5ccccc5)ccc4o3)=CC2)C1. The van der Waals surface area contributed by atoms with Crippen LogP contribution in [0, 0.1) is 11.8 Å². The van der Waals surface area contributed by atoms with Gasteiger partial charge < -0.3 is 19.2 Å². The number of carbonyl (C=O) groups is 1. The van der Waals surface area contributed by atoms with E-state index >= 15 is 0 Å². The summed E-state index contributed by atoms with van der Waals surface area (Å²) in [6.45, 7) is 1.74. The van der Waals surface area contributed by atoms with Gasteiger partial charge in [-0.15, -0.1) is 0 Å². The number of benzene rings is 2. The molecule has 1 atom stereocenters. The van der Waals surface area contributed by atoms with E-state index in [-0.39, 0.29) is 17.7 Å². The molecular weight excluding hydrogens is 397 g/mol. The topological polar surface area (TPSA) is 62.9 Å². The minimum atomic E-state index is -0.758. The lowest BCUT2D eigenvalue weighted by Gasteiger charge is -2.38. The fourth-order valence-corrected chi connectivity index (χ4v) is 4.13. The summed E-state index contributed by atoms with van der Waals surface area (Å²) in [7, 11) is 0. The maximum Gasteiger partial charge on any atom is 0.309 e. The van der Waals surface area contributed by atoms with E-state index in [2.05, 4.69) is 4.90 Å². The van der Waals surface area contributed by atoms with Crippen molar-refractivity contribution in [1.82, 2.24) is 4.90 Å². The molecule has 1 aromatic heterocycles. The summed E-state index contributed by atoms with van der Waals surface area (Å²) in [6.07, 6.45) is 4.19. The summed E-state index contributed by atoms with van der Waals surface area (Å²) < 4.78 is 26.6. The van der Waals surface area contributed by atoms with E-state index in [1.807, 2.05) is 60.7 Å². The van der Waals surface area contributed by atoms with Gasteiger partial charge in [-0.05, 0) is 54.8 Å². The van der Waals surface area contributed by atoms with Crippen LogP contribution < -0.4 is 4.74 Å². The molecule has 158 valence electrons. The minimum Gasteiger partial charge on any atom is -0.481 e. The van der Waals surface area contributed by atoms with E-state index in [9.17, 15) is 9.18 Å². The number of hydrogen-bond acceptors (Lipinski definition) is 4. The van der Waals surface area contributed by atoms with Gasteiger partial charge in [-0.1, -0.05) is 24.3 Å². The van der Waals surface area contributed by atoms with Crippen molar-refractivity contribution in [2.24, 2.45) is 11.8 Å². The summed E-state index contributed by atoms with van der Waals surface area (Å²) in [6, 6.07) is 16.9. The second kappa shape index (κ2) is 8.04. The summed E-state index contributed by atoms with van der Waals surface area (Å²) >= 11 is 0. The third kappa shape index (κ3) is 4.11. The van der Waals surface area contributed by atoms with Gasteiger partial charge in [-0.3, -0.25) is 4.79 Å². The molecule has 3 aromatic rings. The molecule has 1 fully saturated rings. The Morgan fingerprint density at radius 3 is 2.68 bits per heavy atom. The van der Waals surface area contributed by atoms with Gasteiger partial charge in [0.2, 0.25) is 0 Å². The van der Waals surface area contributed by atoms with Crippen LogP contribution in [-0.4, -0.2) is 35.6 Å². The molecule has 0 amide bonds. The van der Waals surface area contributed by atoms with Crippen LogP contribution in [0.1, 0.15) is 12.2 Å². The molecular formula is C25H22FNO4. The van der Waals surface area contributed by atoms with Gasteiger partial charge in [0.05, 0.1) is 5.92 Å². The number of furan rings is 1. The molecule has 2 aromatic carbocycles. The number of nitrogens with zero attached hydrogens (tertiary/aromatic N) is 1. The van der Waals surface area contributed by atoms with Gasteiger partial charge in [0.25, 0.3) is 0 Å². The molecule has 5 rings (SSSR count). The Hall–Kier alpha value is -3.38. The van der Waals surface area contributed by atoms with Crippen LogP contribution in [0.4, 0.5) is 4.39 Å². The number of rotatable bonds is 6. The number of likely N-dealkylation sites (tertiary alicyclic amines) is 1. The number of ether oxygens (including phenoxy) is 1. The molecule has 6 heteroatoms. The maximum atomic E-state index is 14.9. The smallest absolute Gasteiger partial charge is 0.309 e. The molecule has 1 aliphatic heterocycles. The first-order valence-corrected chi connectivity index (χ1v) is 10.3. The average Bonchev–Trinajstić information content (AvgIpc) is 3.14. The molecule has 1 N–H and O–H groups in total. The van der Waals surface area contributed by atoms with Crippen molar-refractivity contribution in [2.75, 3.05) is 19.6 Å². The predicted molar refractivity (Wildman–Crippen MR) is 116 cm³/mol. The summed E-state index contributed by atoms with van der Waals surface area (Å²) in [5, 5.41) is 9.83. The molecule has 2 aliphatic rings. The highest BCUT2D eigenvalue weighted by molar-refractivity contribution is 5.86. The van der Waals surface area contributed by atoms with Crippen LogP contribution in [0.5, 0.6) is 11.5 Å². The quantitative estimate of drug-likeness (QED) is 0.572. The van der Waals surface area contributed by atoms with E-state index in [4.69, 9.17) is 14.3 Å². The largest absolute Gasteiger partial charge is 0.481 e. The Balaban J connectivity index is 1.28. The molecule has 1 saturated heterocycles. The fourth-order valence-electron chi connectivity index (χ4n) is 4.13. The Morgan fingerprint density at radius 1 is 1.13 bits per heavy atom. The highest BCUT2D eigenvalue weighted by Gasteiger charge is 2.33. The Kier molecular flexibility index (Phi) is 5.08. The molecule has 0 spiro atoms. The van der Waals surface area contributed by atoms with E-state index in [1.165, 1.54) is 0 Å². The second-order valence-electron chi connectivity index (χ2n) is 8.11. The predicted octanol–water partition coefficient (Wildman–Crippen LogP) is 5.50. The van der Waals surface area contributed by atoms with Crippen LogP contribution in [0.2, 0.25) is 0 Å². The molecule has 31 heavy (non-hydrogen) atoms. The van der Waals surface area contributed by atoms with E-state index in [0.29, 0.717) is 48.7 Å². The zero-order valence-corrected chi connectivity index (χ0v) is 16.8. The van der Waals surface area contributed by atoms with Gasteiger partial charge in [0.15, 0.2) is 0 Å². The van der Waals surface area contributed by atoms with Gasteiger partial charge in [0.1, 0.15) is 28.7 Å². The van der Waals surface area contributed by atoms with Crippen LogP contribution >= 0.6 is 0 Å². The Labute approximate surface area is 179 Å². The van der Waals surface area contributed by atoms with Crippen molar-refractivity contribution in [3.05, 3.63) is 78.3 Å². The fraction of sp³-hybridized carbons (Fsp3) is 0.240. The van der Waals surface area contributed by atoms with Crippen LogP contribution in [0.15, 0.2) is 77.0 Å². The Bertz CT molecular complexity index is 1170. The van der Waals surface area contributed by atoms with Crippen molar-refractivity contribution in [2.45, 2.75) is 6.42 Å². The third-order valence-electron chi connectivity index (χ3n) is 5.80. The van der Waals surface area contributed by atoms with E-state index in [1.54, 1.807) is 6.08 Å². The molecule has 1 unspecified atom stereocenters.